The standard InChI is InChI=1S/C22H24N4O3/c1-22(2)12-14-10-17(18(11-19(14)29-22)26-6-8-28-9-7-26)25-21(27)15-4-3-5-16-20(15)24-13-23-16/h3-5,10-11,13H,6-9,12H2,1-2H3,(H,23,24)(H,25,27). The van der Waals surface area contributed by atoms with Crippen molar-refractivity contribution in [2.24, 2.45) is 0 Å². The highest BCUT2D eigenvalue weighted by Gasteiger charge is 2.32. The minimum absolute atomic E-state index is 0.171. The van der Waals surface area contributed by atoms with Gasteiger partial charge in [-0.3, -0.25) is 4.79 Å². The van der Waals surface area contributed by atoms with Crippen LogP contribution in [0.3, 0.4) is 0 Å². The van der Waals surface area contributed by atoms with E-state index in [1.807, 2.05) is 12.1 Å². The average Bonchev–Trinajstić information content (AvgIpc) is 3.30. The average molecular weight is 392 g/mol. The SMILES string of the molecule is CC1(C)Cc2cc(NC(=O)c3cccc4[nH]cnc34)c(N3CCOCC3)cc2O1. The zero-order chi connectivity index (χ0) is 20.0. The first-order chi connectivity index (χ1) is 14.0. The number of nitrogens with zero attached hydrogens (tertiary/aromatic N) is 2. The molecular weight excluding hydrogens is 368 g/mol. The summed E-state index contributed by atoms with van der Waals surface area (Å²) in [5, 5.41) is 3.13. The van der Waals surface area contributed by atoms with Crippen molar-refractivity contribution in [2.75, 3.05) is 36.5 Å². The maximum absolute atomic E-state index is 13.1. The molecule has 29 heavy (non-hydrogen) atoms. The van der Waals surface area contributed by atoms with Gasteiger partial charge in [0.15, 0.2) is 0 Å². The molecule has 1 aromatic heterocycles. The number of imidazole rings is 1. The van der Waals surface area contributed by atoms with Crippen molar-refractivity contribution in [3.8, 4) is 5.75 Å². The van der Waals surface area contributed by atoms with Gasteiger partial charge in [0.2, 0.25) is 0 Å². The molecule has 3 heterocycles. The van der Waals surface area contributed by atoms with Crippen LogP contribution >= 0.6 is 0 Å². The van der Waals surface area contributed by atoms with Crippen LogP contribution in [-0.4, -0.2) is 47.8 Å². The summed E-state index contributed by atoms with van der Waals surface area (Å²) >= 11 is 0. The Balaban J connectivity index is 1.53. The van der Waals surface area contributed by atoms with Gasteiger partial charge < -0.3 is 24.7 Å². The molecule has 2 aliphatic heterocycles. The van der Waals surface area contributed by atoms with Crippen molar-refractivity contribution >= 4 is 28.3 Å². The van der Waals surface area contributed by atoms with Gasteiger partial charge in [0.05, 0.1) is 42.0 Å². The third-order valence-corrected chi connectivity index (χ3v) is 5.48. The van der Waals surface area contributed by atoms with E-state index >= 15 is 0 Å². The fourth-order valence-electron chi connectivity index (χ4n) is 4.14. The maximum atomic E-state index is 13.1. The zero-order valence-corrected chi connectivity index (χ0v) is 16.6. The Bertz CT molecular complexity index is 1080. The van der Waals surface area contributed by atoms with E-state index in [9.17, 15) is 4.79 Å². The number of H-pyrrole nitrogens is 1. The fourth-order valence-corrected chi connectivity index (χ4v) is 4.14. The van der Waals surface area contributed by atoms with Crippen LogP contribution in [0.5, 0.6) is 5.75 Å². The van der Waals surface area contributed by atoms with Crippen LogP contribution in [0, 0.1) is 0 Å². The molecule has 0 spiro atoms. The van der Waals surface area contributed by atoms with Crippen LogP contribution in [0.1, 0.15) is 29.8 Å². The normalized spacial score (nSPS) is 17.8. The molecule has 7 heteroatoms. The molecule has 150 valence electrons. The Morgan fingerprint density at radius 1 is 1.24 bits per heavy atom. The lowest BCUT2D eigenvalue weighted by molar-refractivity contribution is 0.102. The maximum Gasteiger partial charge on any atom is 0.257 e. The smallest absolute Gasteiger partial charge is 0.257 e. The molecule has 2 aliphatic rings. The van der Waals surface area contributed by atoms with E-state index in [0.717, 1.165) is 47.7 Å². The predicted molar refractivity (Wildman–Crippen MR) is 112 cm³/mol. The molecule has 1 amide bonds. The number of carbonyl (C=O) groups excluding carboxylic acids is 1. The van der Waals surface area contributed by atoms with E-state index in [0.29, 0.717) is 24.3 Å². The zero-order valence-electron chi connectivity index (χ0n) is 16.6. The topological polar surface area (TPSA) is 79.5 Å². The van der Waals surface area contributed by atoms with Crippen molar-refractivity contribution in [2.45, 2.75) is 25.9 Å². The van der Waals surface area contributed by atoms with Crippen molar-refractivity contribution in [1.82, 2.24) is 9.97 Å². The van der Waals surface area contributed by atoms with Crippen LogP contribution in [0.2, 0.25) is 0 Å². The molecule has 1 saturated heterocycles. The van der Waals surface area contributed by atoms with Gasteiger partial charge in [-0.2, -0.15) is 0 Å². The first-order valence-corrected chi connectivity index (χ1v) is 9.92. The molecule has 0 atom stereocenters. The molecule has 5 rings (SSSR count). The number of rotatable bonds is 3. The molecule has 0 radical (unpaired) electrons. The largest absolute Gasteiger partial charge is 0.487 e. The third kappa shape index (κ3) is 3.31. The number of aromatic amines is 1. The van der Waals surface area contributed by atoms with E-state index in [4.69, 9.17) is 9.47 Å². The highest BCUT2D eigenvalue weighted by atomic mass is 16.5. The van der Waals surface area contributed by atoms with Gasteiger partial charge >= 0.3 is 0 Å². The summed E-state index contributed by atoms with van der Waals surface area (Å²) in [6, 6.07) is 9.68. The number of morpholine rings is 1. The van der Waals surface area contributed by atoms with Gasteiger partial charge in [-0.25, -0.2) is 4.98 Å². The number of carbonyl (C=O) groups is 1. The number of hydrogen-bond acceptors (Lipinski definition) is 5. The summed E-state index contributed by atoms with van der Waals surface area (Å²) < 4.78 is 11.6. The number of para-hydroxylation sites is 1. The molecular formula is C22H24N4O3. The molecule has 2 N–H and O–H groups in total. The summed E-state index contributed by atoms with van der Waals surface area (Å²) in [5.41, 5.74) is 4.69. The Morgan fingerprint density at radius 3 is 2.90 bits per heavy atom. The fraction of sp³-hybridized carbons (Fsp3) is 0.364. The lowest BCUT2D eigenvalue weighted by atomic mass is 10.0. The monoisotopic (exact) mass is 392 g/mol. The Hall–Kier alpha value is -3.06. The highest BCUT2D eigenvalue weighted by Crippen LogP contribution is 2.42. The van der Waals surface area contributed by atoms with Crippen molar-refractivity contribution in [3.05, 3.63) is 47.8 Å². The molecule has 2 aromatic carbocycles. The van der Waals surface area contributed by atoms with Gasteiger partial charge in [-0.15, -0.1) is 0 Å². The Morgan fingerprint density at radius 2 is 2.07 bits per heavy atom. The second-order valence-corrected chi connectivity index (χ2v) is 8.17. The van der Waals surface area contributed by atoms with Crippen molar-refractivity contribution < 1.29 is 14.3 Å². The molecule has 3 aromatic rings. The Kier molecular flexibility index (Phi) is 4.20. The van der Waals surface area contributed by atoms with E-state index in [1.54, 1.807) is 12.4 Å². The van der Waals surface area contributed by atoms with Gasteiger partial charge in [-0.1, -0.05) is 6.07 Å². The first-order valence-electron chi connectivity index (χ1n) is 9.92. The number of fused-ring (bicyclic) bond motifs is 2. The van der Waals surface area contributed by atoms with Gasteiger partial charge in [0.1, 0.15) is 16.9 Å². The molecule has 0 unspecified atom stereocenters. The Labute approximate surface area is 169 Å². The third-order valence-electron chi connectivity index (χ3n) is 5.48. The minimum Gasteiger partial charge on any atom is -0.487 e. The first kappa shape index (κ1) is 18.0. The molecule has 7 nitrogen and oxygen atoms in total. The minimum atomic E-state index is -0.242. The highest BCUT2D eigenvalue weighted by molar-refractivity contribution is 6.12. The van der Waals surface area contributed by atoms with Gasteiger partial charge in [0.25, 0.3) is 5.91 Å². The van der Waals surface area contributed by atoms with Crippen LogP contribution in [0.25, 0.3) is 11.0 Å². The second kappa shape index (κ2) is 6.77. The lowest BCUT2D eigenvalue weighted by Crippen LogP contribution is -2.36. The van der Waals surface area contributed by atoms with Crippen LogP contribution in [0.4, 0.5) is 11.4 Å². The van der Waals surface area contributed by atoms with E-state index in [1.165, 1.54) is 0 Å². The number of ether oxygens (including phenoxy) is 2. The summed E-state index contributed by atoms with van der Waals surface area (Å²) in [5.74, 6) is 0.722. The molecule has 0 bridgehead atoms. The summed E-state index contributed by atoms with van der Waals surface area (Å²) in [7, 11) is 0. The van der Waals surface area contributed by atoms with Crippen molar-refractivity contribution in [3.63, 3.8) is 0 Å². The predicted octanol–water partition coefficient (Wildman–Crippen LogP) is 3.37. The second-order valence-electron chi connectivity index (χ2n) is 8.17. The van der Waals surface area contributed by atoms with Crippen LogP contribution in [0.15, 0.2) is 36.7 Å². The molecule has 0 saturated carbocycles. The number of anilines is 2. The lowest BCUT2D eigenvalue weighted by Gasteiger charge is -2.31. The number of nitrogens with one attached hydrogen (secondary N) is 2. The number of benzene rings is 2. The summed E-state index contributed by atoms with van der Waals surface area (Å²) in [6.07, 6.45) is 2.42. The number of aromatic nitrogens is 2. The van der Waals surface area contributed by atoms with E-state index in [-0.39, 0.29) is 11.5 Å². The van der Waals surface area contributed by atoms with Crippen LogP contribution in [-0.2, 0) is 11.2 Å². The van der Waals surface area contributed by atoms with Crippen LogP contribution < -0.4 is 15.0 Å². The molecule has 0 aliphatic carbocycles. The van der Waals surface area contributed by atoms with E-state index < -0.39 is 0 Å². The van der Waals surface area contributed by atoms with Crippen molar-refractivity contribution in [1.29, 1.82) is 0 Å². The number of amides is 1. The van der Waals surface area contributed by atoms with Gasteiger partial charge in [-0.05, 0) is 32.0 Å². The molecule has 1 fully saturated rings. The summed E-state index contributed by atoms with van der Waals surface area (Å²) in [6.45, 7) is 7.06. The summed E-state index contributed by atoms with van der Waals surface area (Å²) in [4.78, 5) is 22.8. The van der Waals surface area contributed by atoms with Gasteiger partial charge in [0, 0.05) is 31.1 Å². The van der Waals surface area contributed by atoms with E-state index in [2.05, 4.69) is 46.2 Å². The quantitative estimate of drug-likeness (QED) is 0.715. The number of hydrogen-bond donors (Lipinski definition) is 2.